The third-order valence-corrected chi connectivity index (χ3v) is 3.65. The zero-order valence-electron chi connectivity index (χ0n) is 14.0. The Morgan fingerprint density at radius 2 is 1.38 bits per heavy atom. The van der Waals surface area contributed by atoms with Crippen molar-refractivity contribution in [3.63, 3.8) is 0 Å². The molecule has 0 fully saturated rings. The van der Waals surface area contributed by atoms with Gasteiger partial charge in [0.2, 0.25) is 0 Å². The molecule has 0 amide bonds. The van der Waals surface area contributed by atoms with Crippen molar-refractivity contribution >= 4 is 6.29 Å². The zero-order valence-corrected chi connectivity index (χ0v) is 14.0. The van der Waals surface area contributed by atoms with Gasteiger partial charge < -0.3 is 14.2 Å². The quantitative estimate of drug-likeness (QED) is 0.577. The Hall–Kier alpha value is -3.51. The molecule has 4 aromatic rings. The largest absolute Gasteiger partial charge is 0.390 e. The van der Waals surface area contributed by atoms with Gasteiger partial charge in [-0.05, 0) is 48.5 Å². The van der Waals surface area contributed by atoms with Crippen molar-refractivity contribution in [2.24, 2.45) is 0 Å². The molecular weight excluding hydrogens is 328 g/mol. The number of hydrogen-bond acceptors (Lipinski definition) is 4. The van der Waals surface area contributed by atoms with Crippen LogP contribution in [0.5, 0.6) is 0 Å². The fourth-order valence-electron chi connectivity index (χ4n) is 2.39. The second-order valence-corrected chi connectivity index (χ2v) is 5.40. The number of carbonyl (C=O) groups is 1. The van der Waals surface area contributed by atoms with Gasteiger partial charge in [0, 0.05) is 48.6 Å². The minimum absolute atomic E-state index is 0.0187. The summed E-state index contributed by atoms with van der Waals surface area (Å²) in [6, 6.07) is 15.1. The standard InChI is InChI=1S/C10H10N2O.C10H8N2O/c2*13-8-9-7-10(3-4-11-9)12-5-1-2-6-12/h1-7,13H,8H2;1-8H. The highest BCUT2D eigenvalue weighted by Gasteiger charge is 1.97. The molecular formula is C20H18N4O2. The molecule has 1 N–H and O–H groups in total. The number of aldehydes is 1. The van der Waals surface area contributed by atoms with E-state index in [2.05, 4.69) is 9.97 Å². The molecule has 0 aliphatic heterocycles. The number of rotatable bonds is 4. The summed E-state index contributed by atoms with van der Waals surface area (Å²) in [4.78, 5) is 18.3. The predicted octanol–water partition coefficient (Wildman–Crippen LogP) is 3.05. The molecule has 0 saturated heterocycles. The average Bonchev–Trinajstić information content (AvgIpc) is 3.42. The van der Waals surface area contributed by atoms with Gasteiger partial charge in [0.05, 0.1) is 12.3 Å². The molecule has 0 saturated carbocycles. The lowest BCUT2D eigenvalue weighted by Gasteiger charge is -2.03. The lowest BCUT2D eigenvalue weighted by Crippen LogP contribution is -1.94. The highest BCUT2D eigenvalue weighted by molar-refractivity contribution is 5.72. The summed E-state index contributed by atoms with van der Waals surface area (Å²) in [7, 11) is 0. The highest BCUT2D eigenvalue weighted by atomic mass is 16.3. The first-order valence-electron chi connectivity index (χ1n) is 8.04. The normalized spacial score (nSPS) is 10.0. The van der Waals surface area contributed by atoms with Crippen LogP contribution in [0.4, 0.5) is 0 Å². The molecule has 4 heterocycles. The molecule has 0 radical (unpaired) electrons. The van der Waals surface area contributed by atoms with Gasteiger partial charge in [-0.25, -0.2) is 0 Å². The van der Waals surface area contributed by atoms with Crippen LogP contribution < -0.4 is 0 Å². The van der Waals surface area contributed by atoms with Crippen molar-refractivity contribution in [2.45, 2.75) is 6.61 Å². The number of hydrogen-bond donors (Lipinski definition) is 1. The van der Waals surface area contributed by atoms with E-state index in [1.807, 2.05) is 76.4 Å². The summed E-state index contributed by atoms with van der Waals surface area (Å²) in [5.74, 6) is 0. The van der Waals surface area contributed by atoms with E-state index in [0.29, 0.717) is 11.4 Å². The van der Waals surface area contributed by atoms with E-state index in [1.165, 1.54) is 0 Å². The van der Waals surface area contributed by atoms with Crippen LogP contribution in [0.3, 0.4) is 0 Å². The maximum atomic E-state index is 10.5. The summed E-state index contributed by atoms with van der Waals surface area (Å²) in [6.07, 6.45) is 11.8. The topological polar surface area (TPSA) is 72.9 Å². The summed E-state index contributed by atoms with van der Waals surface area (Å²) in [6.45, 7) is -0.0187. The molecule has 4 aromatic heterocycles. The Bertz CT molecular complexity index is 948. The van der Waals surface area contributed by atoms with E-state index in [1.54, 1.807) is 18.5 Å². The molecule has 4 rings (SSSR count). The Balaban J connectivity index is 0.000000151. The van der Waals surface area contributed by atoms with Crippen LogP contribution in [0, 0.1) is 0 Å². The van der Waals surface area contributed by atoms with Gasteiger partial charge in [0.1, 0.15) is 5.69 Å². The van der Waals surface area contributed by atoms with Crippen LogP contribution in [0.15, 0.2) is 85.7 Å². The molecule has 0 aliphatic carbocycles. The van der Waals surface area contributed by atoms with Gasteiger partial charge in [-0.1, -0.05) is 0 Å². The van der Waals surface area contributed by atoms with E-state index in [4.69, 9.17) is 5.11 Å². The Morgan fingerprint density at radius 1 is 0.846 bits per heavy atom. The highest BCUT2D eigenvalue weighted by Crippen LogP contribution is 2.08. The van der Waals surface area contributed by atoms with Crippen molar-refractivity contribution in [3.8, 4) is 11.4 Å². The fourth-order valence-corrected chi connectivity index (χ4v) is 2.39. The number of pyridine rings is 2. The summed E-state index contributed by atoms with van der Waals surface area (Å²) >= 11 is 0. The van der Waals surface area contributed by atoms with Crippen molar-refractivity contribution < 1.29 is 9.90 Å². The van der Waals surface area contributed by atoms with Crippen molar-refractivity contribution in [2.75, 3.05) is 0 Å². The Kier molecular flexibility index (Phi) is 5.69. The maximum absolute atomic E-state index is 10.5. The maximum Gasteiger partial charge on any atom is 0.168 e. The third kappa shape index (κ3) is 4.31. The van der Waals surface area contributed by atoms with Gasteiger partial charge in [-0.2, -0.15) is 0 Å². The van der Waals surface area contributed by atoms with Crippen LogP contribution in [-0.2, 0) is 6.61 Å². The smallest absolute Gasteiger partial charge is 0.168 e. The molecule has 0 spiro atoms. The Morgan fingerprint density at radius 3 is 1.92 bits per heavy atom. The summed E-state index contributed by atoms with van der Waals surface area (Å²) in [5.41, 5.74) is 3.10. The van der Waals surface area contributed by atoms with Crippen LogP contribution in [0.1, 0.15) is 16.2 Å². The van der Waals surface area contributed by atoms with E-state index >= 15 is 0 Å². The number of carbonyl (C=O) groups excluding carboxylic acids is 1. The molecule has 6 nitrogen and oxygen atoms in total. The fraction of sp³-hybridized carbons (Fsp3) is 0.0500. The second-order valence-electron chi connectivity index (χ2n) is 5.40. The molecule has 0 atom stereocenters. The summed E-state index contributed by atoms with van der Waals surface area (Å²) < 4.78 is 3.90. The minimum Gasteiger partial charge on any atom is -0.390 e. The van der Waals surface area contributed by atoms with Gasteiger partial charge in [0.25, 0.3) is 0 Å². The predicted molar refractivity (Wildman–Crippen MR) is 98.4 cm³/mol. The molecule has 0 aromatic carbocycles. The number of nitrogens with zero attached hydrogens (tertiary/aromatic N) is 4. The van der Waals surface area contributed by atoms with Crippen LogP contribution >= 0.6 is 0 Å². The van der Waals surface area contributed by atoms with Gasteiger partial charge in [-0.15, -0.1) is 0 Å². The zero-order chi connectivity index (χ0) is 18.2. The average molecular weight is 346 g/mol. The van der Waals surface area contributed by atoms with Crippen LogP contribution in [-0.4, -0.2) is 30.5 Å². The molecule has 0 unspecified atom stereocenters. The van der Waals surface area contributed by atoms with E-state index in [-0.39, 0.29) is 6.61 Å². The molecule has 130 valence electrons. The van der Waals surface area contributed by atoms with Crippen molar-refractivity contribution in [1.29, 1.82) is 0 Å². The van der Waals surface area contributed by atoms with Crippen molar-refractivity contribution in [1.82, 2.24) is 19.1 Å². The Labute approximate surface area is 151 Å². The molecule has 26 heavy (non-hydrogen) atoms. The third-order valence-electron chi connectivity index (χ3n) is 3.65. The van der Waals surface area contributed by atoms with Crippen molar-refractivity contribution in [3.05, 3.63) is 97.1 Å². The first kappa shape index (κ1) is 17.3. The van der Waals surface area contributed by atoms with Gasteiger partial charge >= 0.3 is 0 Å². The van der Waals surface area contributed by atoms with E-state index < -0.39 is 0 Å². The first-order chi connectivity index (χ1) is 12.8. The lowest BCUT2D eigenvalue weighted by molar-refractivity contribution is 0.111. The van der Waals surface area contributed by atoms with Gasteiger partial charge in [-0.3, -0.25) is 14.8 Å². The molecule has 0 aliphatic rings. The number of aliphatic hydroxyl groups is 1. The van der Waals surface area contributed by atoms with Crippen LogP contribution in [0.25, 0.3) is 11.4 Å². The number of aromatic nitrogens is 4. The first-order valence-corrected chi connectivity index (χ1v) is 8.04. The summed E-state index contributed by atoms with van der Waals surface area (Å²) in [5, 5.41) is 8.89. The van der Waals surface area contributed by atoms with E-state index in [0.717, 1.165) is 17.7 Å². The second kappa shape index (κ2) is 8.55. The molecule has 0 bridgehead atoms. The number of aliphatic hydroxyl groups excluding tert-OH is 1. The van der Waals surface area contributed by atoms with E-state index in [9.17, 15) is 4.79 Å². The monoisotopic (exact) mass is 346 g/mol. The SMILES string of the molecule is O=Cc1cc(-n2cccc2)ccn1.OCc1cc(-n2cccc2)ccn1. The van der Waals surface area contributed by atoms with Crippen LogP contribution in [0.2, 0.25) is 0 Å². The van der Waals surface area contributed by atoms with Gasteiger partial charge in [0.15, 0.2) is 6.29 Å². The minimum atomic E-state index is -0.0187. The molecule has 6 heteroatoms. The lowest BCUT2D eigenvalue weighted by atomic mass is 10.3.